The highest BCUT2D eigenvalue weighted by Crippen LogP contribution is 2.24. The number of rotatable bonds is 3. The van der Waals surface area contributed by atoms with Gasteiger partial charge in [0.25, 0.3) is 0 Å². The van der Waals surface area contributed by atoms with Gasteiger partial charge in [-0.25, -0.2) is 0 Å². The summed E-state index contributed by atoms with van der Waals surface area (Å²) in [6.45, 7) is 3.07. The van der Waals surface area contributed by atoms with E-state index in [9.17, 15) is 0 Å². The number of nitrogens with two attached hydrogens (primary N) is 1. The predicted octanol–water partition coefficient (Wildman–Crippen LogP) is 2.82. The summed E-state index contributed by atoms with van der Waals surface area (Å²) in [6, 6.07) is 2.81. The standard InChI is InChI=1S/C11H17BrN2S/c12-9-5-11(15-8-9)7-14-4-2-1-3-10(14)6-13/h5,8,10H,1-4,6-7,13H2. The van der Waals surface area contributed by atoms with Crippen molar-refractivity contribution in [1.82, 2.24) is 4.90 Å². The van der Waals surface area contributed by atoms with Gasteiger partial charge in [-0.2, -0.15) is 0 Å². The van der Waals surface area contributed by atoms with E-state index in [0.29, 0.717) is 6.04 Å². The average molecular weight is 289 g/mol. The van der Waals surface area contributed by atoms with E-state index in [0.717, 1.165) is 13.1 Å². The third-order valence-electron chi connectivity index (χ3n) is 3.00. The molecule has 84 valence electrons. The Balaban J connectivity index is 1.97. The van der Waals surface area contributed by atoms with Crippen molar-refractivity contribution < 1.29 is 0 Å². The van der Waals surface area contributed by atoms with Crippen LogP contribution in [-0.4, -0.2) is 24.0 Å². The van der Waals surface area contributed by atoms with E-state index in [1.54, 1.807) is 0 Å². The number of thiophene rings is 1. The summed E-state index contributed by atoms with van der Waals surface area (Å²) < 4.78 is 1.20. The molecule has 1 atom stereocenters. The van der Waals surface area contributed by atoms with Crippen LogP contribution in [0.1, 0.15) is 24.1 Å². The van der Waals surface area contributed by atoms with Gasteiger partial charge >= 0.3 is 0 Å². The maximum atomic E-state index is 5.80. The smallest absolute Gasteiger partial charge is 0.0331 e. The first-order chi connectivity index (χ1) is 7.29. The van der Waals surface area contributed by atoms with E-state index in [-0.39, 0.29) is 0 Å². The highest BCUT2D eigenvalue weighted by atomic mass is 79.9. The molecular formula is C11H17BrN2S. The zero-order valence-corrected chi connectivity index (χ0v) is 11.2. The van der Waals surface area contributed by atoms with E-state index in [2.05, 4.69) is 32.3 Å². The van der Waals surface area contributed by atoms with Crippen molar-refractivity contribution in [3.05, 3.63) is 20.8 Å². The molecule has 1 fully saturated rings. The van der Waals surface area contributed by atoms with Gasteiger partial charge in [0.1, 0.15) is 0 Å². The van der Waals surface area contributed by atoms with Crippen LogP contribution in [0.25, 0.3) is 0 Å². The fourth-order valence-electron chi connectivity index (χ4n) is 2.17. The number of hydrogen-bond donors (Lipinski definition) is 1. The first-order valence-electron chi connectivity index (χ1n) is 5.46. The van der Waals surface area contributed by atoms with Gasteiger partial charge in [0.2, 0.25) is 0 Å². The summed E-state index contributed by atoms with van der Waals surface area (Å²) in [7, 11) is 0. The van der Waals surface area contributed by atoms with Gasteiger partial charge in [-0.1, -0.05) is 6.42 Å². The average Bonchev–Trinajstić information content (AvgIpc) is 2.65. The van der Waals surface area contributed by atoms with Crippen LogP contribution in [0.4, 0.5) is 0 Å². The van der Waals surface area contributed by atoms with Crippen LogP contribution in [0.2, 0.25) is 0 Å². The lowest BCUT2D eigenvalue weighted by molar-refractivity contribution is 0.146. The summed E-state index contributed by atoms with van der Waals surface area (Å²) >= 11 is 5.32. The Morgan fingerprint density at radius 1 is 1.53 bits per heavy atom. The lowest BCUT2D eigenvalue weighted by atomic mass is 10.0. The lowest BCUT2D eigenvalue weighted by Gasteiger charge is -2.34. The quantitative estimate of drug-likeness (QED) is 0.927. The molecule has 2 nitrogen and oxygen atoms in total. The van der Waals surface area contributed by atoms with Crippen molar-refractivity contribution in [2.45, 2.75) is 31.8 Å². The number of likely N-dealkylation sites (tertiary alicyclic amines) is 1. The Kier molecular flexibility index (Phi) is 4.20. The molecule has 0 aromatic carbocycles. The molecule has 2 rings (SSSR count). The zero-order valence-electron chi connectivity index (χ0n) is 8.79. The van der Waals surface area contributed by atoms with Crippen LogP contribution in [0.3, 0.4) is 0 Å². The number of hydrogen-bond acceptors (Lipinski definition) is 3. The van der Waals surface area contributed by atoms with Gasteiger partial charge in [-0.3, -0.25) is 4.90 Å². The molecular weight excluding hydrogens is 272 g/mol. The maximum absolute atomic E-state index is 5.80. The maximum Gasteiger partial charge on any atom is 0.0331 e. The molecule has 0 spiro atoms. The van der Waals surface area contributed by atoms with E-state index >= 15 is 0 Å². The highest BCUT2D eigenvalue weighted by Gasteiger charge is 2.21. The van der Waals surface area contributed by atoms with Gasteiger partial charge in [0.05, 0.1) is 0 Å². The molecule has 1 aromatic heterocycles. The Morgan fingerprint density at radius 2 is 2.40 bits per heavy atom. The molecule has 0 saturated carbocycles. The molecule has 0 amide bonds. The molecule has 15 heavy (non-hydrogen) atoms. The van der Waals surface area contributed by atoms with Crippen molar-refractivity contribution in [3.8, 4) is 0 Å². The number of piperidine rings is 1. The summed E-state index contributed by atoms with van der Waals surface area (Å²) in [5.74, 6) is 0. The third kappa shape index (κ3) is 3.03. The molecule has 4 heteroatoms. The van der Waals surface area contributed by atoms with Gasteiger partial charge in [0.15, 0.2) is 0 Å². The molecule has 1 aliphatic heterocycles. The van der Waals surface area contributed by atoms with E-state index in [1.165, 1.54) is 35.2 Å². The SMILES string of the molecule is NCC1CCCCN1Cc1cc(Br)cs1. The first kappa shape index (κ1) is 11.6. The first-order valence-corrected chi connectivity index (χ1v) is 7.14. The van der Waals surface area contributed by atoms with Gasteiger partial charge in [0, 0.05) is 33.9 Å². The van der Waals surface area contributed by atoms with Crippen molar-refractivity contribution in [2.75, 3.05) is 13.1 Å². The van der Waals surface area contributed by atoms with Gasteiger partial charge < -0.3 is 5.73 Å². The molecule has 2 heterocycles. The molecule has 0 radical (unpaired) electrons. The van der Waals surface area contributed by atoms with E-state index in [4.69, 9.17) is 5.73 Å². The zero-order chi connectivity index (χ0) is 10.7. The molecule has 1 aromatic rings. The Bertz CT molecular complexity index is 313. The van der Waals surface area contributed by atoms with Crippen LogP contribution in [0, 0.1) is 0 Å². The van der Waals surface area contributed by atoms with Crippen molar-refractivity contribution >= 4 is 27.3 Å². The Morgan fingerprint density at radius 3 is 3.07 bits per heavy atom. The topological polar surface area (TPSA) is 29.3 Å². The van der Waals surface area contributed by atoms with Crippen molar-refractivity contribution in [1.29, 1.82) is 0 Å². The predicted molar refractivity (Wildman–Crippen MR) is 69.1 cm³/mol. The summed E-state index contributed by atoms with van der Waals surface area (Å²) in [6.07, 6.45) is 3.93. The molecule has 1 saturated heterocycles. The van der Waals surface area contributed by atoms with Crippen LogP contribution in [0.15, 0.2) is 15.9 Å². The van der Waals surface area contributed by atoms with Crippen LogP contribution < -0.4 is 5.73 Å². The van der Waals surface area contributed by atoms with Crippen molar-refractivity contribution in [3.63, 3.8) is 0 Å². The molecule has 1 aliphatic rings. The Hall–Kier alpha value is 0.1000. The van der Waals surface area contributed by atoms with E-state index < -0.39 is 0 Å². The van der Waals surface area contributed by atoms with E-state index in [1.807, 2.05) is 11.3 Å². The minimum atomic E-state index is 0.597. The monoisotopic (exact) mass is 288 g/mol. The second-order valence-electron chi connectivity index (χ2n) is 4.09. The van der Waals surface area contributed by atoms with Crippen LogP contribution in [0.5, 0.6) is 0 Å². The van der Waals surface area contributed by atoms with Crippen molar-refractivity contribution in [2.24, 2.45) is 5.73 Å². The normalized spacial score (nSPS) is 23.2. The summed E-state index contributed by atoms with van der Waals surface area (Å²) in [5.41, 5.74) is 5.80. The third-order valence-corrected chi connectivity index (χ3v) is 4.68. The lowest BCUT2D eigenvalue weighted by Crippen LogP contribution is -2.43. The Labute approximate surface area is 104 Å². The second-order valence-corrected chi connectivity index (χ2v) is 6.00. The van der Waals surface area contributed by atoms with Gasteiger partial charge in [-0.05, 0) is 41.4 Å². The molecule has 0 aliphatic carbocycles. The fourth-order valence-corrected chi connectivity index (χ4v) is 3.65. The summed E-state index contributed by atoms with van der Waals surface area (Å²) in [4.78, 5) is 3.96. The summed E-state index contributed by atoms with van der Waals surface area (Å²) in [5, 5.41) is 2.15. The van der Waals surface area contributed by atoms with Crippen LogP contribution in [-0.2, 0) is 6.54 Å². The number of nitrogens with zero attached hydrogens (tertiary/aromatic N) is 1. The molecule has 0 bridgehead atoms. The minimum absolute atomic E-state index is 0.597. The van der Waals surface area contributed by atoms with Gasteiger partial charge in [-0.15, -0.1) is 11.3 Å². The fraction of sp³-hybridized carbons (Fsp3) is 0.636. The highest BCUT2D eigenvalue weighted by molar-refractivity contribution is 9.10. The van der Waals surface area contributed by atoms with Crippen LogP contribution >= 0.6 is 27.3 Å². The minimum Gasteiger partial charge on any atom is -0.329 e. The molecule has 1 unspecified atom stereocenters. The second kappa shape index (κ2) is 5.43. The molecule has 2 N–H and O–H groups in total. The largest absolute Gasteiger partial charge is 0.329 e. The number of halogens is 1.